The standard InChI is InChI=1S/C19H20N2O2/c1-13(2)15-9-7-14(8-10-15)11-19(23)21-12-18(22)20-16-5-3-4-6-17(16)21/h3-10,13H,11-12H2,1-2H3,(H,20,22). The van der Waals surface area contributed by atoms with E-state index in [2.05, 4.69) is 31.3 Å². The molecular formula is C19H20N2O2. The summed E-state index contributed by atoms with van der Waals surface area (Å²) in [5, 5.41) is 2.80. The van der Waals surface area contributed by atoms with E-state index in [9.17, 15) is 9.59 Å². The van der Waals surface area contributed by atoms with Crippen molar-refractivity contribution in [1.82, 2.24) is 0 Å². The number of carbonyl (C=O) groups excluding carboxylic acids is 2. The first-order chi connectivity index (χ1) is 11.0. The van der Waals surface area contributed by atoms with Crippen LogP contribution in [0, 0.1) is 0 Å². The number of rotatable bonds is 3. The van der Waals surface area contributed by atoms with E-state index >= 15 is 0 Å². The summed E-state index contributed by atoms with van der Waals surface area (Å²) in [4.78, 5) is 26.0. The van der Waals surface area contributed by atoms with Gasteiger partial charge in [-0.15, -0.1) is 0 Å². The zero-order chi connectivity index (χ0) is 16.4. The maximum Gasteiger partial charge on any atom is 0.244 e. The van der Waals surface area contributed by atoms with E-state index in [0.29, 0.717) is 18.0 Å². The Labute approximate surface area is 136 Å². The van der Waals surface area contributed by atoms with Crippen molar-refractivity contribution in [2.45, 2.75) is 26.2 Å². The van der Waals surface area contributed by atoms with Crippen LogP contribution in [0.4, 0.5) is 11.4 Å². The molecule has 1 N–H and O–H groups in total. The van der Waals surface area contributed by atoms with Crippen LogP contribution >= 0.6 is 0 Å². The second-order valence-electron chi connectivity index (χ2n) is 6.12. The summed E-state index contributed by atoms with van der Waals surface area (Å²) in [6, 6.07) is 15.5. The number of carbonyl (C=O) groups is 2. The highest BCUT2D eigenvalue weighted by Crippen LogP contribution is 2.29. The Balaban J connectivity index is 1.79. The lowest BCUT2D eigenvalue weighted by atomic mass is 10.0. The summed E-state index contributed by atoms with van der Waals surface area (Å²) in [6.07, 6.45) is 0.292. The largest absolute Gasteiger partial charge is 0.323 e. The van der Waals surface area contributed by atoms with Crippen molar-refractivity contribution >= 4 is 23.2 Å². The number of nitrogens with one attached hydrogen (secondary N) is 1. The quantitative estimate of drug-likeness (QED) is 0.945. The van der Waals surface area contributed by atoms with E-state index in [4.69, 9.17) is 0 Å². The van der Waals surface area contributed by atoms with Gasteiger partial charge >= 0.3 is 0 Å². The topological polar surface area (TPSA) is 49.4 Å². The fourth-order valence-electron chi connectivity index (χ4n) is 2.75. The highest BCUT2D eigenvalue weighted by Gasteiger charge is 2.26. The molecule has 0 fully saturated rings. The Morgan fingerprint density at radius 2 is 1.83 bits per heavy atom. The van der Waals surface area contributed by atoms with Crippen LogP contribution < -0.4 is 10.2 Å². The second kappa shape index (κ2) is 6.24. The van der Waals surface area contributed by atoms with Gasteiger partial charge in [0.1, 0.15) is 6.54 Å². The summed E-state index contributed by atoms with van der Waals surface area (Å²) in [5.74, 6) is 0.245. The summed E-state index contributed by atoms with van der Waals surface area (Å²) in [7, 11) is 0. The molecule has 0 unspecified atom stereocenters. The van der Waals surface area contributed by atoms with E-state index in [1.807, 2.05) is 36.4 Å². The van der Waals surface area contributed by atoms with Crippen LogP contribution in [0.5, 0.6) is 0 Å². The van der Waals surface area contributed by atoms with Crippen LogP contribution in [-0.4, -0.2) is 18.4 Å². The fourth-order valence-corrected chi connectivity index (χ4v) is 2.75. The number of hydrogen-bond acceptors (Lipinski definition) is 2. The highest BCUT2D eigenvalue weighted by atomic mass is 16.2. The lowest BCUT2D eigenvalue weighted by molar-refractivity contribution is -0.121. The molecule has 2 aromatic carbocycles. The molecule has 0 bridgehead atoms. The van der Waals surface area contributed by atoms with Crippen LogP contribution in [0.3, 0.4) is 0 Å². The monoisotopic (exact) mass is 308 g/mol. The van der Waals surface area contributed by atoms with Gasteiger partial charge in [-0.1, -0.05) is 50.2 Å². The molecule has 23 heavy (non-hydrogen) atoms. The van der Waals surface area contributed by atoms with Gasteiger partial charge in [0.05, 0.1) is 17.8 Å². The number of anilines is 2. The Hall–Kier alpha value is -2.62. The molecule has 0 radical (unpaired) electrons. The minimum atomic E-state index is -0.160. The molecule has 2 aromatic rings. The van der Waals surface area contributed by atoms with E-state index in [1.165, 1.54) is 5.56 Å². The van der Waals surface area contributed by atoms with Gasteiger partial charge in [-0.05, 0) is 29.2 Å². The maximum absolute atomic E-state index is 12.6. The zero-order valence-corrected chi connectivity index (χ0v) is 13.4. The molecule has 0 spiro atoms. The first-order valence-corrected chi connectivity index (χ1v) is 7.82. The van der Waals surface area contributed by atoms with Crippen LogP contribution in [0.15, 0.2) is 48.5 Å². The van der Waals surface area contributed by atoms with Crippen LogP contribution in [0.1, 0.15) is 30.9 Å². The fraction of sp³-hybridized carbons (Fsp3) is 0.263. The first-order valence-electron chi connectivity index (χ1n) is 7.82. The molecule has 1 heterocycles. The molecule has 0 atom stereocenters. The number of para-hydroxylation sites is 2. The third-order valence-electron chi connectivity index (χ3n) is 4.07. The normalized spacial score (nSPS) is 13.7. The van der Waals surface area contributed by atoms with E-state index in [-0.39, 0.29) is 18.4 Å². The number of nitrogens with zero attached hydrogens (tertiary/aromatic N) is 1. The summed E-state index contributed by atoms with van der Waals surface area (Å²) in [6.45, 7) is 4.35. The molecule has 0 saturated carbocycles. The van der Waals surface area contributed by atoms with Gasteiger partial charge in [-0.2, -0.15) is 0 Å². The molecule has 4 heteroatoms. The minimum Gasteiger partial charge on any atom is -0.323 e. The van der Waals surface area contributed by atoms with E-state index in [1.54, 1.807) is 4.90 Å². The third-order valence-corrected chi connectivity index (χ3v) is 4.07. The molecule has 0 aromatic heterocycles. The Bertz CT molecular complexity index is 735. The average molecular weight is 308 g/mol. The van der Waals surface area contributed by atoms with Crippen molar-refractivity contribution in [3.05, 3.63) is 59.7 Å². The Morgan fingerprint density at radius 1 is 1.13 bits per heavy atom. The maximum atomic E-state index is 12.6. The molecular weight excluding hydrogens is 288 g/mol. The molecule has 0 saturated heterocycles. The van der Waals surface area contributed by atoms with Crippen LogP contribution in [0.25, 0.3) is 0 Å². The van der Waals surface area contributed by atoms with Crippen molar-refractivity contribution in [3.8, 4) is 0 Å². The van der Waals surface area contributed by atoms with Crippen LogP contribution in [-0.2, 0) is 16.0 Å². The summed E-state index contributed by atoms with van der Waals surface area (Å²) >= 11 is 0. The molecule has 2 amide bonds. The molecule has 1 aliphatic rings. The predicted molar refractivity (Wildman–Crippen MR) is 91.7 cm³/mol. The summed E-state index contributed by atoms with van der Waals surface area (Å²) in [5.41, 5.74) is 3.66. The molecule has 4 nitrogen and oxygen atoms in total. The van der Waals surface area contributed by atoms with E-state index in [0.717, 1.165) is 11.3 Å². The van der Waals surface area contributed by atoms with Gasteiger partial charge < -0.3 is 10.2 Å². The Kier molecular flexibility index (Phi) is 4.15. The third kappa shape index (κ3) is 3.26. The van der Waals surface area contributed by atoms with Crippen molar-refractivity contribution in [2.24, 2.45) is 0 Å². The number of amides is 2. The Morgan fingerprint density at radius 3 is 2.52 bits per heavy atom. The van der Waals surface area contributed by atoms with Gasteiger partial charge in [0.25, 0.3) is 0 Å². The summed E-state index contributed by atoms with van der Waals surface area (Å²) < 4.78 is 0. The lowest BCUT2D eigenvalue weighted by Gasteiger charge is -2.29. The highest BCUT2D eigenvalue weighted by molar-refractivity contribution is 6.10. The minimum absolute atomic E-state index is 0.0652. The number of fused-ring (bicyclic) bond motifs is 1. The van der Waals surface area contributed by atoms with Crippen molar-refractivity contribution < 1.29 is 9.59 Å². The van der Waals surface area contributed by atoms with Gasteiger partial charge in [-0.25, -0.2) is 0 Å². The predicted octanol–water partition coefficient (Wildman–Crippen LogP) is 3.34. The average Bonchev–Trinajstić information content (AvgIpc) is 2.54. The molecule has 0 aliphatic carbocycles. The van der Waals surface area contributed by atoms with Crippen molar-refractivity contribution in [3.63, 3.8) is 0 Å². The second-order valence-corrected chi connectivity index (χ2v) is 6.12. The van der Waals surface area contributed by atoms with Crippen LogP contribution in [0.2, 0.25) is 0 Å². The van der Waals surface area contributed by atoms with Gasteiger partial charge in [0, 0.05) is 0 Å². The van der Waals surface area contributed by atoms with Crippen molar-refractivity contribution in [2.75, 3.05) is 16.8 Å². The molecule has 1 aliphatic heterocycles. The lowest BCUT2D eigenvalue weighted by Crippen LogP contribution is -2.42. The molecule has 118 valence electrons. The van der Waals surface area contributed by atoms with Gasteiger partial charge in [-0.3, -0.25) is 9.59 Å². The van der Waals surface area contributed by atoms with Crippen molar-refractivity contribution in [1.29, 1.82) is 0 Å². The number of hydrogen-bond donors (Lipinski definition) is 1. The van der Waals surface area contributed by atoms with Gasteiger partial charge in [0.2, 0.25) is 11.8 Å². The smallest absolute Gasteiger partial charge is 0.244 e. The van der Waals surface area contributed by atoms with E-state index < -0.39 is 0 Å². The van der Waals surface area contributed by atoms with Gasteiger partial charge in [0.15, 0.2) is 0 Å². The zero-order valence-electron chi connectivity index (χ0n) is 13.4. The molecule has 3 rings (SSSR count). The first kappa shape index (κ1) is 15.3. The SMILES string of the molecule is CC(C)c1ccc(CC(=O)N2CC(=O)Nc3ccccc32)cc1. The number of benzene rings is 2.